The van der Waals surface area contributed by atoms with E-state index in [1.807, 2.05) is 0 Å². The monoisotopic (exact) mass is 308 g/mol. The minimum atomic E-state index is 0.646. The van der Waals surface area contributed by atoms with E-state index in [-0.39, 0.29) is 0 Å². The second-order valence-corrected chi connectivity index (χ2v) is 6.38. The van der Waals surface area contributed by atoms with Crippen LogP contribution in [0.15, 0.2) is 11.6 Å². The van der Waals surface area contributed by atoms with Gasteiger partial charge in [-0.25, -0.2) is 4.98 Å². The molecule has 0 saturated carbocycles. The average molecular weight is 308 g/mol. The van der Waals surface area contributed by atoms with Gasteiger partial charge in [0.1, 0.15) is 0 Å². The average Bonchev–Trinajstić information content (AvgIpc) is 3.18. The molecule has 0 spiro atoms. The maximum Gasteiger partial charge on any atom is 0.195 e. The highest BCUT2D eigenvalue weighted by atomic mass is 32.1. The first-order valence-corrected chi connectivity index (χ1v) is 8.63. The van der Waals surface area contributed by atoms with E-state index in [9.17, 15) is 0 Å². The first kappa shape index (κ1) is 14.8. The van der Waals surface area contributed by atoms with Crippen LogP contribution in [-0.4, -0.2) is 42.2 Å². The standard InChI is InChI=1S/C15H24N4OS/c1-3-12-5-4-7-18(12)14-13(11-16-6-9-20-2)19-8-10-21-15(19)17-14/h8,10,12,16H,3-7,9,11H2,1-2H3. The first-order chi connectivity index (χ1) is 10.3. The Morgan fingerprint density at radius 3 is 3.24 bits per heavy atom. The number of nitrogens with one attached hydrogen (secondary N) is 1. The Kier molecular flexibility index (Phi) is 4.77. The molecule has 0 aliphatic carbocycles. The van der Waals surface area contributed by atoms with Crippen molar-refractivity contribution in [2.75, 3.05) is 31.7 Å². The summed E-state index contributed by atoms with van der Waals surface area (Å²) in [6, 6.07) is 0.646. The quantitative estimate of drug-likeness (QED) is 0.798. The Bertz CT molecular complexity index is 579. The number of imidazole rings is 1. The number of hydrogen-bond acceptors (Lipinski definition) is 5. The number of rotatable bonds is 7. The Balaban J connectivity index is 1.84. The highest BCUT2D eigenvalue weighted by Crippen LogP contribution is 2.31. The molecule has 1 aliphatic rings. The lowest BCUT2D eigenvalue weighted by atomic mass is 10.2. The predicted octanol–water partition coefficient (Wildman–Crippen LogP) is 2.51. The molecule has 21 heavy (non-hydrogen) atoms. The number of ether oxygens (including phenoxy) is 1. The Morgan fingerprint density at radius 1 is 1.52 bits per heavy atom. The normalized spacial score (nSPS) is 19.0. The van der Waals surface area contributed by atoms with Crippen LogP contribution in [0.2, 0.25) is 0 Å². The molecule has 0 radical (unpaired) electrons. The maximum atomic E-state index is 5.10. The van der Waals surface area contributed by atoms with Crippen molar-refractivity contribution in [1.82, 2.24) is 14.7 Å². The maximum absolute atomic E-state index is 5.10. The van der Waals surface area contributed by atoms with Crippen LogP contribution in [0.3, 0.4) is 0 Å². The Hall–Kier alpha value is -1.11. The fourth-order valence-electron chi connectivity index (χ4n) is 3.14. The van der Waals surface area contributed by atoms with Gasteiger partial charge in [0.15, 0.2) is 10.8 Å². The molecule has 2 aromatic rings. The SMILES string of the molecule is CCC1CCCN1c1nc2sccn2c1CNCCOC. The smallest absolute Gasteiger partial charge is 0.195 e. The van der Waals surface area contributed by atoms with Gasteiger partial charge in [0.2, 0.25) is 0 Å². The zero-order valence-corrected chi connectivity index (χ0v) is 13.7. The summed E-state index contributed by atoms with van der Waals surface area (Å²) in [6.07, 6.45) is 5.89. The van der Waals surface area contributed by atoms with Crippen LogP contribution in [0.1, 0.15) is 31.9 Å². The molecule has 2 aromatic heterocycles. The Labute approximate surface area is 129 Å². The summed E-state index contributed by atoms with van der Waals surface area (Å²) in [6.45, 7) is 5.85. The van der Waals surface area contributed by atoms with Crippen molar-refractivity contribution in [3.63, 3.8) is 0 Å². The van der Waals surface area contributed by atoms with E-state index in [1.165, 1.54) is 30.8 Å². The molecule has 3 rings (SSSR count). The summed E-state index contributed by atoms with van der Waals surface area (Å²) in [4.78, 5) is 8.49. The molecular formula is C15H24N4OS. The van der Waals surface area contributed by atoms with Gasteiger partial charge in [-0.15, -0.1) is 11.3 Å². The van der Waals surface area contributed by atoms with E-state index >= 15 is 0 Å². The minimum absolute atomic E-state index is 0.646. The lowest BCUT2D eigenvalue weighted by Crippen LogP contribution is -2.30. The van der Waals surface area contributed by atoms with E-state index in [1.54, 1.807) is 18.4 Å². The number of anilines is 1. The molecule has 5 nitrogen and oxygen atoms in total. The van der Waals surface area contributed by atoms with Gasteiger partial charge in [0.05, 0.1) is 12.3 Å². The molecule has 1 saturated heterocycles. The molecule has 1 N–H and O–H groups in total. The molecule has 1 aliphatic heterocycles. The molecule has 0 amide bonds. The van der Waals surface area contributed by atoms with Crippen LogP contribution in [0, 0.1) is 0 Å². The third-order valence-electron chi connectivity index (χ3n) is 4.24. The minimum Gasteiger partial charge on any atom is -0.383 e. The van der Waals surface area contributed by atoms with Crippen molar-refractivity contribution >= 4 is 22.1 Å². The molecule has 1 unspecified atom stereocenters. The predicted molar refractivity (Wildman–Crippen MR) is 87.3 cm³/mol. The van der Waals surface area contributed by atoms with E-state index in [0.717, 1.165) is 31.2 Å². The topological polar surface area (TPSA) is 41.8 Å². The number of hydrogen-bond donors (Lipinski definition) is 1. The van der Waals surface area contributed by atoms with Gasteiger partial charge in [0.25, 0.3) is 0 Å². The van der Waals surface area contributed by atoms with Crippen molar-refractivity contribution in [2.24, 2.45) is 0 Å². The molecule has 6 heteroatoms. The molecule has 116 valence electrons. The summed E-state index contributed by atoms with van der Waals surface area (Å²) in [5.41, 5.74) is 1.28. The van der Waals surface area contributed by atoms with Gasteiger partial charge in [-0.05, 0) is 19.3 Å². The van der Waals surface area contributed by atoms with Crippen molar-refractivity contribution in [2.45, 2.75) is 38.8 Å². The largest absolute Gasteiger partial charge is 0.383 e. The number of aromatic nitrogens is 2. The van der Waals surface area contributed by atoms with Gasteiger partial charge in [-0.1, -0.05) is 6.92 Å². The van der Waals surface area contributed by atoms with Gasteiger partial charge in [0, 0.05) is 44.4 Å². The van der Waals surface area contributed by atoms with Crippen LogP contribution in [0.25, 0.3) is 4.96 Å². The van der Waals surface area contributed by atoms with Gasteiger partial charge in [-0.3, -0.25) is 4.40 Å². The van der Waals surface area contributed by atoms with Crippen LogP contribution < -0.4 is 10.2 Å². The number of nitrogens with zero attached hydrogens (tertiary/aromatic N) is 3. The summed E-state index contributed by atoms with van der Waals surface area (Å²) in [5, 5.41) is 5.56. The second-order valence-electron chi connectivity index (χ2n) is 5.50. The van der Waals surface area contributed by atoms with Crippen molar-refractivity contribution in [1.29, 1.82) is 0 Å². The number of thiazole rings is 1. The van der Waals surface area contributed by atoms with E-state index in [0.29, 0.717) is 6.04 Å². The zero-order valence-electron chi connectivity index (χ0n) is 12.8. The highest BCUT2D eigenvalue weighted by Gasteiger charge is 2.28. The lowest BCUT2D eigenvalue weighted by Gasteiger charge is -2.24. The lowest BCUT2D eigenvalue weighted by molar-refractivity contribution is 0.199. The summed E-state index contributed by atoms with van der Waals surface area (Å²) >= 11 is 1.71. The summed E-state index contributed by atoms with van der Waals surface area (Å²) in [5.74, 6) is 1.18. The first-order valence-electron chi connectivity index (χ1n) is 7.76. The van der Waals surface area contributed by atoms with Gasteiger partial charge >= 0.3 is 0 Å². The third-order valence-corrected chi connectivity index (χ3v) is 4.99. The molecular weight excluding hydrogens is 284 g/mol. The summed E-state index contributed by atoms with van der Waals surface area (Å²) < 4.78 is 7.33. The van der Waals surface area contributed by atoms with E-state index < -0.39 is 0 Å². The third kappa shape index (κ3) is 2.93. The van der Waals surface area contributed by atoms with Crippen molar-refractivity contribution in [3.8, 4) is 0 Å². The van der Waals surface area contributed by atoms with Crippen LogP contribution in [0.5, 0.6) is 0 Å². The molecule has 1 atom stereocenters. The van der Waals surface area contributed by atoms with E-state index in [2.05, 4.69) is 33.1 Å². The fourth-order valence-corrected chi connectivity index (χ4v) is 3.86. The van der Waals surface area contributed by atoms with Crippen LogP contribution in [0.4, 0.5) is 5.82 Å². The molecule has 3 heterocycles. The molecule has 0 aromatic carbocycles. The number of methoxy groups -OCH3 is 1. The van der Waals surface area contributed by atoms with Crippen molar-refractivity contribution in [3.05, 3.63) is 17.3 Å². The van der Waals surface area contributed by atoms with Gasteiger partial charge < -0.3 is 15.0 Å². The number of fused-ring (bicyclic) bond motifs is 1. The highest BCUT2D eigenvalue weighted by molar-refractivity contribution is 7.15. The molecule has 1 fully saturated rings. The molecule has 0 bridgehead atoms. The van der Waals surface area contributed by atoms with Gasteiger partial charge in [-0.2, -0.15) is 0 Å². The summed E-state index contributed by atoms with van der Waals surface area (Å²) in [7, 11) is 1.74. The Morgan fingerprint density at radius 2 is 2.43 bits per heavy atom. The zero-order chi connectivity index (χ0) is 14.7. The second kappa shape index (κ2) is 6.77. The van der Waals surface area contributed by atoms with Crippen molar-refractivity contribution < 1.29 is 4.74 Å². The van der Waals surface area contributed by atoms with Crippen LogP contribution in [-0.2, 0) is 11.3 Å². The fraction of sp³-hybridized carbons (Fsp3) is 0.667. The van der Waals surface area contributed by atoms with E-state index in [4.69, 9.17) is 9.72 Å². The van der Waals surface area contributed by atoms with Crippen LogP contribution >= 0.6 is 11.3 Å².